The fourth-order valence-corrected chi connectivity index (χ4v) is 5.92. The highest BCUT2D eigenvalue weighted by Crippen LogP contribution is 2.33. The minimum Gasteiger partial charge on any atom is -0.347 e. The molecule has 3 heterocycles. The van der Waals surface area contributed by atoms with Crippen molar-refractivity contribution in [3.63, 3.8) is 0 Å². The first kappa shape index (κ1) is 20.1. The topological polar surface area (TPSA) is 75.2 Å². The largest absolute Gasteiger partial charge is 0.347 e. The number of amides is 3. The van der Waals surface area contributed by atoms with Gasteiger partial charge in [0.2, 0.25) is 5.91 Å². The Morgan fingerprint density at radius 3 is 2.97 bits per heavy atom. The second kappa shape index (κ2) is 8.69. The van der Waals surface area contributed by atoms with Crippen LogP contribution in [0.3, 0.4) is 0 Å². The van der Waals surface area contributed by atoms with Gasteiger partial charge in [-0.2, -0.15) is 11.8 Å². The lowest BCUT2D eigenvalue weighted by molar-refractivity contribution is -0.116. The van der Waals surface area contributed by atoms with E-state index in [1.54, 1.807) is 0 Å². The maximum atomic E-state index is 12.5. The molecule has 3 N–H and O–H groups in total. The molecule has 156 valence electrons. The Labute approximate surface area is 176 Å². The number of carbonyl (C=O) groups is 2. The molecule has 0 saturated carbocycles. The number of nitrogens with zero attached hydrogens (tertiary/aromatic N) is 1. The Bertz CT molecular complexity index is 894. The molecule has 4 rings (SSSR count). The predicted molar refractivity (Wildman–Crippen MR) is 119 cm³/mol. The van der Waals surface area contributed by atoms with Crippen molar-refractivity contribution in [3.8, 4) is 0 Å². The molecule has 1 aromatic carbocycles. The molecule has 3 unspecified atom stereocenters. The van der Waals surface area contributed by atoms with E-state index in [9.17, 15) is 9.59 Å². The monoisotopic (exact) mass is 414 g/mol. The van der Waals surface area contributed by atoms with Crippen LogP contribution in [-0.2, 0) is 11.3 Å². The Morgan fingerprint density at radius 2 is 2.14 bits per heavy atom. The summed E-state index contributed by atoms with van der Waals surface area (Å²) in [4.78, 5) is 23.9. The summed E-state index contributed by atoms with van der Waals surface area (Å²) < 4.78 is 2.25. The number of benzene rings is 1. The van der Waals surface area contributed by atoms with E-state index in [1.165, 1.54) is 0 Å². The Kier molecular flexibility index (Phi) is 6.04. The van der Waals surface area contributed by atoms with Crippen LogP contribution in [0.2, 0.25) is 0 Å². The van der Waals surface area contributed by atoms with Gasteiger partial charge in [0.15, 0.2) is 0 Å². The maximum absolute atomic E-state index is 12.5. The Hall–Kier alpha value is -2.15. The lowest BCUT2D eigenvalue weighted by Crippen LogP contribution is -2.36. The standard InChI is InChI=1S/C22H30N4O2S/c1-14(2)12-26-11-10-15-16(6-5-7-18(15)26)23-20(27)9-4-3-8-19-21-17(13-29-19)24-22(28)25-21/h5-7,10-11,14,17,19,21H,3-4,8-9,12-13H2,1-2H3,(H,23,27)(H2,24,25,28). The van der Waals surface area contributed by atoms with Crippen LogP contribution in [0.4, 0.5) is 10.5 Å². The van der Waals surface area contributed by atoms with Crippen LogP contribution >= 0.6 is 11.8 Å². The smallest absolute Gasteiger partial charge is 0.315 e. The van der Waals surface area contributed by atoms with E-state index in [-0.39, 0.29) is 24.0 Å². The number of hydrogen-bond donors (Lipinski definition) is 3. The summed E-state index contributed by atoms with van der Waals surface area (Å²) >= 11 is 1.93. The minimum atomic E-state index is -0.0407. The average Bonchev–Trinajstić information content (AvgIpc) is 3.34. The SMILES string of the molecule is CC(C)Cn1ccc2c(NC(=O)CCCCC3SCC4NC(=O)NC43)cccc21. The number of fused-ring (bicyclic) bond motifs is 2. The zero-order chi connectivity index (χ0) is 20.4. The average molecular weight is 415 g/mol. The first-order chi connectivity index (χ1) is 14.0. The van der Waals surface area contributed by atoms with Gasteiger partial charge in [-0.25, -0.2) is 4.79 Å². The number of urea groups is 1. The van der Waals surface area contributed by atoms with E-state index >= 15 is 0 Å². The van der Waals surface area contributed by atoms with Gasteiger partial charge in [0.1, 0.15) is 0 Å². The van der Waals surface area contributed by atoms with Crippen LogP contribution in [0.15, 0.2) is 30.5 Å². The number of nitrogens with one attached hydrogen (secondary N) is 3. The molecule has 1 aromatic heterocycles. The molecule has 7 heteroatoms. The third kappa shape index (κ3) is 4.55. The molecule has 3 amide bonds. The molecule has 0 spiro atoms. The number of thioether (sulfide) groups is 1. The number of carbonyl (C=O) groups excluding carboxylic acids is 2. The molecule has 2 aliphatic rings. The Morgan fingerprint density at radius 1 is 1.28 bits per heavy atom. The third-order valence-corrected chi connectivity index (χ3v) is 7.24. The molecule has 3 atom stereocenters. The first-order valence-corrected chi connectivity index (χ1v) is 11.6. The van der Waals surface area contributed by atoms with E-state index in [0.717, 1.165) is 48.2 Å². The third-order valence-electron chi connectivity index (χ3n) is 5.73. The number of hydrogen-bond acceptors (Lipinski definition) is 3. The van der Waals surface area contributed by atoms with Crippen LogP contribution in [0, 0.1) is 5.92 Å². The second-order valence-corrected chi connectivity index (χ2v) is 9.79. The van der Waals surface area contributed by atoms with Crippen LogP contribution in [0.5, 0.6) is 0 Å². The molecule has 0 radical (unpaired) electrons. The fourth-order valence-electron chi connectivity index (χ4n) is 4.37. The van der Waals surface area contributed by atoms with Gasteiger partial charge >= 0.3 is 6.03 Å². The van der Waals surface area contributed by atoms with Crippen LogP contribution in [-0.4, -0.2) is 39.6 Å². The quantitative estimate of drug-likeness (QED) is 0.452. The lowest BCUT2D eigenvalue weighted by atomic mass is 10.0. The summed E-state index contributed by atoms with van der Waals surface area (Å²) in [7, 11) is 0. The molecule has 29 heavy (non-hydrogen) atoms. The van der Waals surface area contributed by atoms with Gasteiger partial charge in [0, 0.05) is 35.6 Å². The second-order valence-electron chi connectivity index (χ2n) is 8.52. The van der Waals surface area contributed by atoms with Gasteiger partial charge in [-0.3, -0.25) is 4.79 Å². The number of anilines is 1. The molecule has 6 nitrogen and oxygen atoms in total. The summed E-state index contributed by atoms with van der Waals surface area (Å²) in [5.74, 6) is 1.63. The molecular formula is C22H30N4O2S. The normalized spacial score (nSPS) is 23.3. The summed E-state index contributed by atoms with van der Waals surface area (Å²) in [5, 5.41) is 10.6. The van der Waals surface area contributed by atoms with Crippen molar-refractivity contribution in [3.05, 3.63) is 30.5 Å². The summed E-state index contributed by atoms with van der Waals surface area (Å²) in [6, 6.07) is 8.65. The molecule has 2 aliphatic heterocycles. The van der Waals surface area contributed by atoms with Crippen LogP contribution in [0.1, 0.15) is 39.5 Å². The van der Waals surface area contributed by atoms with Crippen LogP contribution < -0.4 is 16.0 Å². The van der Waals surface area contributed by atoms with Crippen molar-refractivity contribution in [2.75, 3.05) is 11.1 Å². The van der Waals surface area contributed by atoms with Crippen LogP contribution in [0.25, 0.3) is 10.9 Å². The maximum Gasteiger partial charge on any atom is 0.315 e. The molecule has 0 aliphatic carbocycles. The van der Waals surface area contributed by atoms with E-state index in [0.29, 0.717) is 17.6 Å². The van der Waals surface area contributed by atoms with Crippen molar-refractivity contribution in [1.82, 2.24) is 15.2 Å². The van der Waals surface area contributed by atoms with Gasteiger partial charge in [-0.15, -0.1) is 0 Å². The predicted octanol–water partition coefficient (Wildman–Crippen LogP) is 3.96. The van der Waals surface area contributed by atoms with Gasteiger partial charge in [0.25, 0.3) is 0 Å². The van der Waals surface area contributed by atoms with Crippen molar-refractivity contribution in [2.45, 2.75) is 63.4 Å². The van der Waals surface area contributed by atoms with Gasteiger partial charge in [-0.05, 0) is 37.0 Å². The lowest BCUT2D eigenvalue weighted by Gasteiger charge is -2.16. The van der Waals surface area contributed by atoms with E-state index < -0.39 is 0 Å². The van der Waals surface area contributed by atoms with Gasteiger partial charge < -0.3 is 20.5 Å². The minimum absolute atomic E-state index is 0.0407. The number of unbranched alkanes of at least 4 members (excludes halogenated alkanes) is 1. The van der Waals surface area contributed by atoms with Gasteiger partial charge in [-0.1, -0.05) is 26.3 Å². The van der Waals surface area contributed by atoms with Crippen molar-refractivity contribution in [1.29, 1.82) is 0 Å². The highest BCUT2D eigenvalue weighted by atomic mass is 32.2. The summed E-state index contributed by atoms with van der Waals surface area (Å²) in [5.41, 5.74) is 2.06. The number of rotatable bonds is 8. The zero-order valence-corrected chi connectivity index (χ0v) is 17.9. The van der Waals surface area contributed by atoms with E-state index in [1.807, 2.05) is 23.9 Å². The highest BCUT2D eigenvalue weighted by molar-refractivity contribution is 8.00. The fraction of sp³-hybridized carbons (Fsp3) is 0.545. The van der Waals surface area contributed by atoms with Crippen molar-refractivity contribution < 1.29 is 9.59 Å². The van der Waals surface area contributed by atoms with Crippen molar-refractivity contribution >= 4 is 40.3 Å². The zero-order valence-electron chi connectivity index (χ0n) is 17.1. The van der Waals surface area contributed by atoms with E-state index in [2.05, 4.69) is 52.7 Å². The molecule has 0 bridgehead atoms. The summed E-state index contributed by atoms with van der Waals surface area (Å²) in [6.45, 7) is 5.38. The summed E-state index contributed by atoms with van der Waals surface area (Å²) in [6.07, 6.45) is 5.53. The molecule has 2 saturated heterocycles. The first-order valence-electron chi connectivity index (χ1n) is 10.6. The van der Waals surface area contributed by atoms with Crippen molar-refractivity contribution in [2.24, 2.45) is 5.92 Å². The van der Waals surface area contributed by atoms with Gasteiger partial charge in [0.05, 0.1) is 23.3 Å². The molecular weight excluding hydrogens is 384 g/mol. The number of aromatic nitrogens is 1. The van der Waals surface area contributed by atoms with E-state index in [4.69, 9.17) is 0 Å². The molecule has 2 fully saturated rings. The Balaban J connectivity index is 1.26. The highest BCUT2D eigenvalue weighted by Gasteiger charge is 2.42. The molecule has 2 aromatic rings.